The van der Waals surface area contributed by atoms with E-state index < -0.39 is 0 Å². The van der Waals surface area contributed by atoms with Crippen molar-refractivity contribution in [3.8, 4) is 11.5 Å². The van der Waals surface area contributed by atoms with Crippen LogP contribution in [-0.2, 0) is 4.79 Å². The highest BCUT2D eigenvalue weighted by molar-refractivity contribution is 9.11. The first-order chi connectivity index (χ1) is 11.9. The smallest absolute Gasteiger partial charge is 0.262 e. The molecule has 0 fully saturated rings. The van der Waals surface area contributed by atoms with Crippen molar-refractivity contribution in [1.82, 2.24) is 0 Å². The molecule has 0 aliphatic carbocycles. The molecule has 1 N–H and O–H groups in total. The topological polar surface area (TPSA) is 64.6 Å². The van der Waals surface area contributed by atoms with Crippen LogP contribution in [0.15, 0.2) is 39.3 Å². The lowest BCUT2D eigenvalue weighted by Gasteiger charge is -2.14. The summed E-state index contributed by atoms with van der Waals surface area (Å²) >= 11 is 6.86. The molecule has 132 valence electrons. The van der Waals surface area contributed by atoms with Gasteiger partial charge in [0, 0.05) is 14.5 Å². The zero-order chi connectivity index (χ0) is 18.4. The van der Waals surface area contributed by atoms with Gasteiger partial charge in [-0.2, -0.15) is 0 Å². The standard InChI is InChI=1S/C18H17Br2NO4/c1-3-24-16-8-12(9-22)4-5-15(16)25-10-17(23)21-18-13(19)6-11(2)7-14(18)20/h4-9H,3,10H2,1-2H3,(H,21,23). The first-order valence-electron chi connectivity index (χ1n) is 7.55. The van der Waals surface area contributed by atoms with E-state index in [9.17, 15) is 9.59 Å². The lowest BCUT2D eigenvalue weighted by Crippen LogP contribution is -2.21. The number of ether oxygens (including phenoxy) is 2. The maximum absolute atomic E-state index is 12.2. The van der Waals surface area contributed by atoms with Gasteiger partial charge < -0.3 is 14.8 Å². The molecular weight excluding hydrogens is 454 g/mol. The first-order valence-corrected chi connectivity index (χ1v) is 9.13. The molecule has 25 heavy (non-hydrogen) atoms. The van der Waals surface area contributed by atoms with E-state index in [1.807, 2.05) is 26.0 Å². The Bertz CT molecular complexity index is 770. The second-order valence-corrected chi connectivity index (χ2v) is 6.91. The highest BCUT2D eigenvalue weighted by Crippen LogP contribution is 2.32. The summed E-state index contributed by atoms with van der Waals surface area (Å²) in [6, 6.07) is 8.62. The Labute approximate surface area is 163 Å². The van der Waals surface area contributed by atoms with Crippen molar-refractivity contribution in [3.05, 3.63) is 50.4 Å². The second kappa shape index (κ2) is 9.01. The number of aryl methyl sites for hydroxylation is 1. The van der Waals surface area contributed by atoms with E-state index in [1.54, 1.807) is 18.2 Å². The third-order valence-corrected chi connectivity index (χ3v) is 4.46. The number of carbonyl (C=O) groups is 2. The molecule has 0 bridgehead atoms. The molecular formula is C18H17Br2NO4. The molecule has 0 saturated heterocycles. The van der Waals surface area contributed by atoms with Crippen LogP contribution in [0.1, 0.15) is 22.8 Å². The highest BCUT2D eigenvalue weighted by Gasteiger charge is 2.13. The van der Waals surface area contributed by atoms with Gasteiger partial charge in [0.2, 0.25) is 0 Å². The van der Waals surface area contributed by atoms with Gasteiger partial charge in [0.1, 0.15) is 6.29 Å². The zero-order valence-electron chi connectivity index (χ0n) is 13.8. The predicted molar refractivity (Wildman–Crippen MR) is 104 cm³/mol. The summed E-state index contributed by atoms with van der Waals surface area (Å²) in [5.74, 6) is 0.523. The highest BCUT2D eigenvalue weighted by atomic mass is 79.9. The van der Waals surface area contributed by atoms with Gasteiger partial charge in [-0.25, -0.2) is 0 Å². The fraction of sp³-hybridized carbons (Fsp3) is 0.222. The summed E-state index contributed by atoms with van der Waals surface area (Å²) in [6.07, 6.45) is 0.728. The molecule has 0 heterocycles. The van der Waals surface area contributed by atoms with Crippen LogP contribution in [-0.4, -0.2) is 25.4 Å². The summed E-state index contributed by atoms with van der Waals surface area (Å²) in [4.78, 5) is 23.1. The number of anilines is 1. The molecule has 2 rings (SSSR count). The molecule has 5 nitrogen and oxygen atoms in total. The van der Waals surface area contributed by atoms with Crippen LogP contribution >= 0.6 is 31.9 Å². The number of benzene rings is 2. The van der Waals surface area contributed by atoms with Crippen LogP contribution in [0.25, 0.3) is 0 Å². The van der Waals surface area contributed by atoms with Gasteiger partial charge in [0.25, 0.3) is 5.91 Å². The fourth-order valence-corrected chi connectivity index (χ4v) is 3.74. The van der Waals surface area contributed by atoms with Gasteiger partial charge in [-0.05, 0) is 81.6 Å². The molecule has 0 aliphatic rings. The van der Waals surface area contributed by atoms with Crippen LogP contribution in [0.5, 0.6) is 11.5 Å². The van der Waals surface area contributed by atoms with E-state index in [0.29, 0.717) is 29.4 Å². The zero-order valence-corrected chi connectivity index (χ0v) is 16.9. The Balaban J connectivity index is 2.06. The monoisotopic (exact) mass is 469 g/mol. The summed E-state index contributed by atoms with van der Waals surface area (Å²) in [7, 11) is 0. The number of hydrogen-bond donors (Lipinski definition) is 1. The predicted octanol–water partition coefficient (Wildman–Crippen LogP) is 4.75. The molecule has 0 aromatic heterocycles. The number of rotatable bonds is 7. The van der Waals surface area contributed by atoms with Crippen LogP contribution in [0.4, 0.5) is 5.69 Å². The van der Waals surface area contributed by atoms with Crippen molar-refractivity contribution in [1.29, 1.82) is 0 Å². The number of carbonyl (C=O) groups excluding carboxylic acids is 2. The largest absolute Gasteiger partial charge is 0.490 e. The molecule has 0 radical (unpaired) electrons. The molecule has 0 spiro atoms. The quantitative estimate of drug-likeness (QED) is 0.593. The number of halogens is 2. The molecule has 7 heteroatoms. The van der Waals surface area contributed by atoms with E-state index >= 15 is 0 Å². The van der Waals surface area contributed by atoms with Gasteiger partial charge in [0.05, 0.1) is 12.3 Å². The molecule has 0 atom stereocenters. The first kappa shape index (κ1) is 19.5. The van der Waals surface area contributed by atoms with Gasteiger partial charge in [-0.15, -0.1) is 0 Å². The molecule has 2 aromatic rings. The Hall–Kier alpha value is -1.86. The van der Waals surface area contributed by atoms with Crippen molar-refractivity contribution in [2.45, 2.75) is 13.8 Å². The minimum Gasteiger partial charge on any atom is -0.490 e. The van der Waals surface area contributed by atoms with Crippen molar-refractivity contribution >= 4 is 49.7 Å². The maximum atomic E-state index is 12.2. The van der Waals surface area contributed by atoms with E-state index in [-0.39, 0.29) is 12.5 Å². The van der Waals surface area contributed by atoms with Crippen LogP contribution in [0.2, 0.25) is 0 Å². The van der Waals surface area contributed by atoms with Gasteiger partial charge >= 0.3 is 0 Å². The maximum Gasteiger partial charge on any atom is 0.262 e. The Kier molecular flexibility index (Phi) is 7.01. The Morgan fingerprint density at radius 2 is 1.80 bits per heavy atom. The number of amides is 1. The normalized spacial score (nSPS) is 10.2. The van der Waals surface area contributed by atoms with Crippen molar-refractivity contribution in [3.63, 3.8) is 0 Å². The summed E-state index contributed by atoms with van der Waals surface area (Å²) in [6.45, 7) is 4.03. The average Bonchev–Trinajstić information content (AvgIpc) is 2.57. The molecule has 0 aliphatic heterocycles. The lowest BCUT2D eigenvalue weighted by molar-refractivity contribution is -0.118. The lowest BCUT2D eigenvalue weighted by atomic mass is 10.2. The number of aldehydes is 1. The molecule has 1 amide bonds. The summed E-state index contributed by atoms with van der Waals surface area (Å²) in [5.41, 5.74) is 2.18. The SMILES string of the molecule is CCOc1cc(C=O)ccc1OCC(=O)Nc1c(Br)cc(C)cc1Br. The van der Waals surface area contributed by atoms with Crippen molar-refractivity contribution in [2.24, 2.45) is 0 Å². The number of nitrogens with one attached hydrogen (secondary N) is 1. The summed E-state index contributed by atoms with van der Waals surface area (Å²) < 4.78 is 12.5. The second-order valence-electron chi connectivity index (χ2n) is 5.20. The van der Waals surface area contributed by atoms with Crippen molar-refractivity contribution in [2.75, 3.05) is 18.5 Å². The third-order valence-electron chi connectivity index (χ3n) is 3.21. The summed E-state index contributed by atoms with van der Waals surface area (Å²) in [5, 5.41) is 2.80. The van der Waals surface area contributed by atoms with Gasteiger partial charge in [0.15, 0.2) is 18.1 Å². The van der Waals surface area contributed by atoms with E-state index in [2.05, 4.69) is 37.2 Å². The van der Waals surface area contributed by atoms with Crippen LogP contribution in [0.3, 0.4) is 0 Å². The third kappa shape index (κ3) is 5.31. The molecule has 2 aromatic carbocycles. The fourth-order valence-electron chi connectivity index (χ4n) is 2.12. The minimum atomic E-state index is -0.313. The van der Waals surface area contributed by atoms with Crippen molar-refractivity contribution < 1.29 is 19.1 Å². The average molecular weight is 471 g/mol. The Morgan fingerprint density at radius 1 is 1.12 bits per heavy atom. The number of hydrogen-bond acceptors (Lipinski definition) is 4. The van der Waals surface area contributed by atoms with E-state index in [4.69, 9.17) is 9.47 Å². The van der Waals surface area contributed by atoms with E-state index in [0.717, 1.165) is 20.8 Å². The molecule has 0 saturated carbocycles. The van der Waals surface area contributed by atoms with Crippen LogP contribution < -0.4 is 14.8 Å². The van der Waals surface area contributed by atoms with Gasteiger partial charge in [-0.3, -0.25) is 9.59 Å². The van der Waals surface area contributed by atoms with Crippen LogP contribution in [0, 0.1) is 6.92 Å². The molecule has 0 unspecified atom stereocenters. The Morgan fingerprint density at radius 3 is 2.40 bits per heavy atom. The minimum absolute atomic E-state index is 0.187. The van der Waals surface area contributed by atoms with Gasteiger partial charge in [-0.1, -0.05) is 0 Å². The van der Waals surface area contributed by atoms with E-state index in [1.165, 1.54) is 0 Å².